The lowest BCUT2D eigenvalue weighted by Crippen LogP contribution is -2.10. The fraction of sp³-hybridized carbons (Fsp3) is 0.273. The summed E-state index contributed by atoms with van der Waals surface area (Å²) in [4.78, 5) is 12.3. The molecular formula is C11H15N3O2. The third-order valence-electron chi connectivity index (χ3n) is 2.13. The molecule has 0 aliphatic carbocycles. The Morgan fingerprint density at radius 1 is 1.56 bits per heavy atom. The minimum atomic E-state index is -0.390. The van der Waals surface area contributed by atoms with E-state index in [0.717, 1.165) is 5.69 Å². The van der Waals surface area contributed by atoms with E-state index in [-0.39, 0.29) is 5.69 Å². The Morgan fingerprint density at radius 3 is 2.75 bits per heavy atom. The lowest BCUT2D eigenvalue weighted by Gasteiger charge is -2.13. The van der Waals surface area contributed by atoms with Crippen LogP contribution in [-0.2, 0) is 0 Å². The van der Waals surface area contributed by atoms with Gasteiger partial charge < -0.3 is 10.2 Å². The zero-order chi connectivity index (χ0) is 12.1. The highest BCUT2D eigenvalue weighted by Crippen LogP contribution is 2.28. The van der Waals surface area contributed by atoms with Crippen molar-refractivity contribution in [3.8, 4) is 0 Å². The molecule has 0 aliphatic heterocycles. The average molecular weight is 221 g/mol. The summed E-state index contributed by atoms with van der Waals surface area (Å²) in [6, 6.07) is 5.08. The minimum absolute atomic E-state index is 0.0769. The molecule has 0 aromatic heterocycles. The summed E-state index contributed by atoms with van der Waals surface area (Å²) in [6.45, 7) is 4.06. The molecular weight excluding hydrogens is 206 g/mol. The summed E-state index contributed by atoms with van der Waals surface area (Å²) in [5, 5.41) is 13.8. The number of anilines is 2. The number of nitrogens with one attached hydrogen (secondary N) is 1. The molecule has 0 heterocycles. The molecule has 0 spiro atoms. The first-order chi connectivity index (χ1) is 7.56. The molecule has 1 rings (SSSR count). The van der Waals surface area contributed by atoms with E-state index in [1.165, 1.54) is 0 Å². The van der Waals surface area contributed by atoms with Crippen molar-refractivity contribution in [3.63, 3.8) is 0 Å². The van der Waals surface area contributed by atoms with Crippen LogP contribution in [0.2, 0.25) is 0 Å². The molecule has 0 fully saturated rings. The van der Waals surface area contributed by atoms with Gasteiger partial charge in [-0.25, -0.2) is 0 Å². The van der Waals surface area contributed by atoms with Crippen molar-refractivity contribution in [3.05, 3.63) is 41.0 Å². The van der Waals surface area contributed by atoms with E-state index in [0.29, 0.717) is 12.2 Å². The first-order valence-electron chi connectivity index (χ1n) is 4.86. The lowest BCUT2D eigenvalue weighted by atomic mass is 10.2. The van der Waals surface area contributed by atoms with Gasteiger partial charge in [-0.2, -0.15) is 0 Å². The number of benzene rings is 1. The van der Waals surface area contributed by atoms with Gasteiger partial charge in [0, 0.05) is 32.4 Å². The number of nitrogens with zero attached hydrogens (tertiary/aromatic N) is 2. The van der Waals surface area contributed by atoms with Gasteiger partial charge in [-0.05, 0) is 12.1 Å². The van der Waals surface area contributed by atoms with Crippen molar-refractivity contribution >= 4 is 17.1 Å². The zero-order valence-electron chi connectivity index (χ0n) is 9.43. The van der Waals surface area contributed by atoms with Gasteiger partial charge in [0.1, 0.15) is 5.69 Å². The standard InChI is InChI=1S/C11H15N3O2/c1-4-7-12-10-6-5-9(13(2)3)8-11(10)14(15)16/h4-6,8,12H,1,7H2,2-3H3. The van der Waals surface area contributed by atoms with Crippen LogP contribution in [0.1, 0.15) is 0 Å². The van der Waals surface area contributed by atoms with Gasteiger partial charge in [0.2, 0.25) is 0 Å². The molecule has 0 radical (unpaired) electrons. The van der Waals surface area contributed by atoms with Gasteiger partial charge in [-0.1, -0.05) is 6.08 Å². The van der Waals surface area contributed by atoms with Crippen LogP contribution >= 0.6 is 0 Å². The molecule has 0 saturated heterocycles. The largest absolute Gasteiger partial charge is 0.377 e. The van der Waals surface area contributed by atoms with Crippen molar-refractivity contribution in [2.24, 2.45) is 0 Å². The Kier molecular flexibility index (Phi) is 3.88. The second-order valence-corrected chi connectivity index (χ2v) is 3.52. The third-order valence-corrected chi connectivity index (χ3v) is 2.13. The van der Waals surface area contributed by atoms with E-state index in [9.17, 15) is 10.1 Å². The molecule has 0 aliphatic rings. The number of nitro benzene ring substituents is 1. The van der Waals surface area contributed by atoms with Crippen LogP contribution in [0.4, 0.5) is 17.1 Å². The summed E-state index contributed by atoms with van der Waals surface area (Å²) >= 11 is 0. The topological polar surface area (TPSA) is 58.4 Å². The Balaban J connectivity index is 3.09. The van der Waals surface area contributed by atoms with Gasteiger partial charge in [-0.15, -0.1) is 6.58 Å². The molecule has 1 N–H and O–H groups in total. The van der Waals surface area contributed by atoms with Crippen LogP contribution in [0, 0.1) is 10.1 Å². The molecule has 0 unspecified atom stereocenters. The molecule has 16 heavy (non-hydrogen) atoms. The maximum absolute atomic E-state index is 10.9. The summed E-state index contributed by atoms with van der Waals surface area (Å²) < 4.78 is 0. The van der Waals surface area contributed by atoms with Gasteiger partial charge in [-0.3, -0.25) is 10.1 Å². The average Bonchev–Trinajstić information content (AvgIpc) is 2.25. The number of hydrogen-bond acceptors (Lipinski definition) is 4. The van der Waals surface area contributed by atoms with E-state index in [4.69, 9.17) is 0 Å². The van der Waals surface area contributed by atoms with Crippen molar-refractivity contribution in [1.29, 1.82) is 0 Å². The maximum atomic E-state index is 10.9. The number of rotatable bonds is 5. The predicted octanol–water partition coefficient (Wildman–Crippen LogP) is 2.26. The van der Waals surface area contributed by atoms with Crippen molar-refractivity contribution in [1.82, 2.24) is 0 Å². The fourth-order valence-electron chi connectivity index (χ4n) is 1.28. The van der Waals surface area contributed by atoms with Crippen LogP contribution in [0.25, 0.3) is 0 Å². The molecule has 86 valence electrons. The van der Waals surface area contributed by atoms with Crippen LogP contribution in [0.5, 0.6) is 0 Å². The first kappa shape index (κ1) is 12.0. The lowest BCUT2D eigenvalue weighted by molar-refractivity contribution is -0.383. The molecule has 0 saturated carbocycles. The Hall–Kier alpha value is -2.04. The predicted molar refractivity (Wildman–Crippen MR) is 66.1 cm³/mol. The van der Waals surface area contributed by atoms with E-state index in [2.05, 4.69) is 11.9 Å². The Morgan fingerprint density at radius 2 is 2.25 bits per heavy atom. The van der Waals surface area contributed by atoms with Gasteiger partial charge >= 0.3 is 0 Å². The third kappa shape index (κ3) is 2.73. The highest BCUT2D eigenvalue weighted by molar-refractivity contribution is 5.68. The second kappa shape index (κ2) is 5.16. The van der Waals surface area contributed by atoms with E-state index < -0.39 is 4.92 Å². The van der Waals surface area contributed by atoms with Crippen LogP contribution in [0.3, 0.4) is 0 Å². The summed E-state index contributed by atoms with van der Waals surface area (Å²) in [5.41, 5.74) is 1.39. The van der Waals surface area contributed by atoms with Crippen molar-refractivity contribution < 1.29 is 4.92 Å². The minimum Gasteiger partial charge on any atom is -0.377 e. The quantitative estimate of drug-likeness (QED) is 0.470. The smallest absolute Gasteiger partial charge is 0.294 e. The fourth-order valence-corrected chi connectivity index (χ4v) is 1.28. The molecule has 1 aromatic carbocycles. The van der Waals surface area contributed by atoms with Crippen molar-refractivity contribution in [2.45, 2.75) is 0 Å². The van der Waals surface area contributed by atoms with E-state index in [1.54, 1.807) is 18.2 Å². The number of hydrogen-bond donors (Lipinski definition) is 1. The van der Waals surface area contributed by atoms with Gasteiger partial charge in [0.25, 0.3) is 5.69 Å². The normalized spacial score (nSPS) is 9.62. The molecule has 5 heteroatoms. The molecule has 1 aromatic rings. The van der Waals surface area contributed by atoms with Crippen molar-refractivity contribution in [2.75, 3.05) is 30.9 Å². The molecule has 0 atom stereocenters. The van der Waals surface area contributed by atoms with E-state index in [1.807, 2.05) is 25.1 Å². The Labute approximate surface area is 94.5 Å². The summed E-state index contributed by atoms with van der Waals surface area (Å²) in [5.74, 6) is 0. The monoisotopic (exact) mass is 221 g/mol. The van der Waals surface area contributed by atoms with E-state index >= 15 is 0 Å². The number of nitro groups is 1. The molecule has 0 amide bonds. The summed E-state index contributed by atoms with van der Waals surface area (Å²) in [7, 11) is 3.69. The highest BCUT2D eigenvalue weighted by atomic mass is 16.6. The van der Waals surface area contributed by atoms with Gasteiger partial charge in [0.05, 0.1) is 4.92 Å². The first-order valence-corrected chi connectivity index (χ1v) is 4.86. The van der Waals surface area contributed by atoms with Gasteiger partial charge in [0.15, 0.2) is 0 Å². The molecule has 5 nitrogen and oxygen atoms in total. The Bertz CT molecular complexity index is 402. The van der Waals surface area contributed by atoms with Crippen LogP contribution in [0.15, 0.2) is 30.9 Å². The highest BCUT2D eigenvalue weighted by Gasteiger charge is 2.14. The SMILES string of the molecule is C=CCNc1ccc(N(C)C)cc1[N+](=O)[O-]. The zero-order valence-corrected chi connectivity index (χ0v) is 9.43. The second-order valence-electron chi connectivity index (χ2n) is 3.52. The van der Waals surface area contributed by atoms with Crippen LogP contribution < -0.4 is 10.2 Å². The summed E-state index contributed by atoms with van der Waals surface area (Å²) in [6.07, 6.45) is 1.66. The molecule has 0 bridgehead atoms. The van der Waals surface area contributed by atoms with Crippen LogP contribution in [-0.4, -0.2) is 25.6 Å². The maximum Gasteiger partial charge on any atom is 0.294 e.